The fraction of sp³-hybridized carbons (Fsp3) is 0.219. The normalized spacial score (nSPS) is 11.6. The summed E-state index contributed by atoms with van der Waals surface area (Å²) in [5, 5.41) is 0. The topological polar surface area (TPSA) is 87.9 Å². The van der Waals surface area contributed by atoms with Crippen LogP contribution in [0.5, 0.6) is 5.75 Å². The van der Waals surface area contributed by atoms with Gasteiger partial charge in [-0.1, -0.05) is 72.8 Å². The lowest BCUT2D eigenvalue weighted by Crippen LogP contribution is -2.27. The number of benzene rings is 3. The maximum atomic E-state index is 13.1. The van der Waals surface area contributed by atoms with Gasteiger partial charge in [0.05, 0.1) is 6.61 Å². The lowest BCUT2D eigenvalue weighted by molar-refractivity contribution is -0.157. The second-order valence-corrected chi connectivity index (χ2v) is 9.65. The van der Waals surface area contributed by atoms with Gasteiger partial charge in [-0.2, -0.15) is 0 Å². The fourth-order valence-corrected chi connectivity index (χ4v) is 3.80. The number of carbonyl (C=O) groups is 2. The molecule has 0 saturated heterocycles. The number of nitrogens with zero attached hydrogens (tertiary/aromatic N) is 1. The number of hydrogen-bond donors (Lipinski definition) is 0. The molecule has 0 aliphatic heterocycles. The number of hydrogen-bond acceptors (Lipinski definition) is 7. The summed E-state index contributed by atoms with van der Waals surface area (Å²) in [6.07, 6.45) is 1.63. The van der Waals surface area contributed by atoms with Crippen LogP contribution in [0.3, 0.4) is 0 Å². The Balaban J connectivity index is 1.71. The molecule has 0 amide bonds. The molecule has 7 heteroatoms. The first-order chi connectivity index (χ1) is 18.7. The third-order valence-corrected chi connectivity index (χ3v) is 5.38. The second-order valence-electron chi connectivity index (χ2n) is 9.65. The van der Waals surface area contributed by atoms with Gasteiger partial charge in [0.25, 0.3) is 0 Å². The van der Waals surface area contributed by atoms with Gasteiger partial charge in [-0.15, -0.1) is 0 Å². The highest BCUT2D eigenvalue weighted by Crippen LogP contribution is 2.35. The predicted octanol–water partition coefficient (Wildman–Crippen LogP) is 6.83. The lowest BCUT2D eigenvalue weighted by Gasteiger charge is -2.19. The van der Waals surface area contributed by atoms with E-state index in [0.29, 0.717) is 22.8 Å². The zero-order valence-electron chi connectivity index (χ0n) is 22.5. The summed E-state index contributed by atoms with van der Waals surface area (Å²) in [4.78, 5) is 29.9. The summed E-state index contributed by atoms with van der Waals surface area (Å²) in [5.41, 5.74) is 2.48. The van der Waals surface area contributed by atoms with Crippen molar-refractivity contribution in [1.82, 2.24) is 4.98 Å². The van der Waals surface area contributed by atoms with E-state index in [-0.39, 0.29) is 24.7 Å². The standard InChI is InChI=1S/C32H31NO6/c1-5-36-31(35)26(20-22-13-12-18-25(19-22)37-21-27(34)39-32(2,3)4)30-33-28(23-14-8-6-9-15-23)29(38-30)24-16-10-7-11-17-24/h6-20H,5,21H2,1-4H3/b26-20-. The zero-order valence-corrected chi connectivity index (χ0v) is 22.5. The average molecular weight is 526 g/mol. The summed E-state index contributed by atoms with van der Waals surface area (Å²) in [7, 11) is 0. The summed E-state index contributed by atoms with van der Waals surface area (Å²) in [5.74, 6) is 0.0724. The molecule has 0 aliphatic carbocycles. The Morgan fingerprint density at radius 3 is 2.21 bits per heavy atom. The van der Waals surface area contributed by atoms with Gasteiger partial charge in [0.2, 0.25) is 5.89 Å². The summed E-state index contributed by atoms with van der Waals surface area (Å²) >= 11 is 0. The van der Waals surface area contributed by atoms with Gasteiger partial charge in [0, 0.05) is 11.1 Å². The molecule has 0 N–H and O–H groups in total. The van der Waals surface area contributed by atoms with E-state index in [4.69, 9.17) is 23.6 Å². The van der Waals surface area contributed by atoms with E-state index in [1.54, 1.807) is 58.0 Å². The van der Waals surface area contributed by atoms with Gasteiger partial charge in [-0.05, 0) is 51.5 Å². The number of esters is 2. The molecule has 0 atom stereocenters. The first-order valence-corrected chi connectivity index (χ1v) is 12.7. The van der Waals surface area contributed by atoms with Crippen LogP contribution in [0, 0.1) is 0 Å². The van der Waals surface area contributed by atoms with Crippen molar-refractivity contribution < 1.29 is 28.2 Å². The van der Waals surface area contributed by atoms with Crippen LogP contribution in [0.4, 0.5) is 0 Å². The van der Waals surface area contributed by atoms with Crippen molar-refractivity contribution in [3.8, 4) is 28.3 Å². The molecule has 0 bridgehead atoms. The number of ether oxygens (including phenoxy) is 3. The van der Waals surface area contributed by atoms with Crippen molar-refractivity contribution in [3.05, 3.63) is 96.4 Å². The molecule has 0 unspecified atom stereocenters. The van der Waals surface area contributed by atoms with Gasteiger partial charge in [0.15, 0.2) is 12.4 Å². The van der Waals surface area contributed by atoms with E-state index < -0.39 is 17.5 Å². The Morgan fingerprint density at radius 1 is 0.897 bits per heavy atom. The smallest absolute Gasteiger partial charge is 0.344 e. The highest BCUT2D eigenvalue weighted by molar-refractivity contribution is 6.20. The minimum Gasteiger partial charge on any atom is -0.482 e. The minimum absolute atomic E-state index is 0.131. The molecular formula is C32H31NO6. The van der Waals surface area contributed by atoms with E-state index in [9.17, 15) is 9.59 Å². The third kappa shape index (κ3) is 7.45. The number of carbonyl (C=O) groups excluding carboxylic acids is 2. The van der Waals surface area contributed by atoms with Gasteiger partial charge in [-0.25, -0.2) is 14.6 Å². The van der Waals surface area contributed by atoms with Crippen molar-refractivity contribution in [3.63, 3.8) is 0 Å². The average Bonchev–Trinajstić information content (AvgIpc) is 3.36. The molecule has 0 radical (unpaired) electrons. The molecule has 39 heavy (non-hydrogen) atoms. The van der Waals surface area contributed by atoms with Crippen molar-refractivity contribution in [1.29, 1.82) is 0 Å². The van der Waals surface area contributed by atoms with Crippen LogP contribution in [0.1, 0.15) is 39.1 Å². The molecule has 0 fully saturated rings. The second kappa shape index (κ2) is 12.3. The monoisotopic (exact) mass is 525 g/mol. The maximum Gasteiger partial charge on any atom is 0.344 e. The molecule has 1 aromatic heterocycles. The maximum absolute atomic E-state index is 13.1. The van der Waals surface area contributed by atoms with Crippen molar-refractivity contribution in [2.24, 2.45) is 0 Å². The first kappa shape index (κ1) is 27.4. The van der Waals surface area contributed by atoms with Crippen LogP contribution >= 0.6 is 0 Å². The molecule has 3 aromatic carbocycles. The first-order valence-electron chi connectivity index (χ1n) is 12.7. The van der Waals surface area contributed by atoms with E-state index in [1.807, 2.05) is 60.7 Å². The summed E-state index contributed by atoms with van der Waals surface area (Å²) < 4.78 is 22.5. The molecule has 1 heterocycles. The fourth-order valence-electron chi connectivity index (χ4n) is 3.80. The van der Waals surface area contributed by atoms with Crippen molar-refractivity contribution in [2.45, 2.75) is 33.3 Å². The highest BCUT2D eigenvalue weighted by atomic mass is 16.6. The van der Waals surface area contributed by atoms with Crippen LogP contribution < -0.4 is 4.74 Å². The third-order valence-electron chi connectivity index (χ3n) is 5.38. The van der Waals surface area contributed by atoms with E-state index >= 15 is 0 Å². The van der Waals surface area contributed by atoms with Gasteiger partial charge >= 0.3 is 11.9 Å². The Morgan fingerprint density at radius 2 is 1.56 bits per heavy atom. The highest BCUT2D eigenvalue weighted by Gasteiger charge is 2.24. The molecule has 0 spiro atoms. The minimum atomic E-state index is -0.604. The molecule has 0 saturated carbocycles. The summed E-state index contributed by atoms with van der Waals surface area (Å²) in [6, 6.07) is 26.2. The van der Waals surface area contributed by atoms with Crippen LogP contribution in [0.2, 0.25) is 0 Å². The van der Waals surface area contributed by atoms with Crippen LogP contribution in [0.25, 0.3) is 34.2 Å². The number of oxazole rings is 1. The van der Waals surface area contributed by atoms with Crippen molar-refractivity contribution >= 4 is 23.6 Å². The SMILES string of the molecule is CCOC(=O)/C(=C\c1cccc(OCC(=O)OC(C)(C)C)c1)c1nc(-c2ccccc2)c(-c2ccccc2)o1. The Labute approximate surface area is 228 Å². The predicted molar refractivity (Wildman–Crippen MR) is 150 cm³/mol. The Bertz CT molecular complexity index is 1390. The quantitative estimate of drug-likeness (QED) is 0.175. The zero-order chi connectivity index (χ0) is 27.8. The molecule has 0 aliphatic rings. The lowest BCUT2D eigenvalue weighted by atomic mass is 10.1. The number of aromatic nitrogens is 1. The molecule has 4 aromatic rings. The molecule has 7 nitrogen and oxygen atoms in total. The van der Waals surface area contributed by atoms with E-state index in [0.717, 1.165) is 11.1 Å². The van der Waals surface area contributed by atoms with Gasteiger partial charge in [0.1, 0.15) is 22.6 Å². The van der Waals surface area contributed by atoms with Gasteiger partial charge < -0.3 is 18.6 Å². The molecule has 200 valence electrons. The van der Waals surface area contributed by atoms with Crippen LogP contribution in [0.15, 0.2) is 89.3 Å². The number of rotatable bonds is 9. The summed E-state index contributed by atoms with van der Waals surface area (Å²) in [6.45, 7) is 7.07. The Kier molecular flexibility index (Phi) is 8.61. The van der Waals surface area contributed by atoms with Crippen molar-refractivity contribution in [2.75, 3.05) is 13.2 Å². The molecule has 4 rings (SSSR count). The largest absolute Gasteiger partial charge is 0.482 e. The Hall–Kier alpha value is -4.65. The molecular weight excluding hydrogens is 494 g/mol. The van der Waals surface area contributed by atoms with Gasteiger partial charge in [-0.3, -0.25) is 0 Å². The van der Waals surface area contributed by atoms with Crippen LogP contribution in [-0.2, 0) is 19.1 Å². The van der Waals surface area contributed by atoms with E-state index in [1.165, 1.54) is 0 Å². The van der Waals surface area contributed by atoms with E-state index in [2.05, 4.69) is 0 Å². The van der Waals surface area contributed by atoms with Crippen LogP contribution in [-0.4, -0.2) is 35.7 Å².